The van der Waals surface area contributed by atoms with E-state index in [9.17, 15) is 0 Å². The first-order valence-electron chi connectivity index (χ1n) is 4.78. The highest BCUT2D eigenvalue weighted by Gasteiger charge is 2.23. The molecular formula is C9H17NO. The van der Waals surface area contributed by atoms with E-state index in [0.29, 0.717) is 0 Å². The Morgan fingerprint density at radius 1 is 1.00 bits per heavy atom. The zero-order chi connectivity index (χ0) is 7.52. The molecule has 2 saturated heterocycles. The lowest BCUT2D eigenvalue weighted by Gasteiger charge is -2.30. The second-order valence-corrected chi connectivity index (χ2v) is 3.59. The number of ether oxygens (including phenoxy) is 1. The van der Waals surface area contributed by atoms with Gasteiger partial charge in [-0.3, -0.25) is 0 Å². The number of nitrogens with zero attached hydrogens (tertiary/aromatic N) is 1. The van der Waals surface area contributed by atoms with Crippen LogP contribution in [0.15, 0.2) is 0 Å². The van der Waals surface area contributed by atoms with Gasteiger partial charge in [0.15, 0.2) is 0 Å². The molecule has 0 aromatic rings. The van der Waals surface area contributed by atoms with Gasteiger partial charge in [0.25, 0.3) is 0 Å². The van der Waals surface area contributed by atoms with E-state index >= 15 is 0 Å². The van der Waals surface area contributed by atoms with Crippen LogP contribution in [0.2, 0.25) is 0 Å². The van der Waals surface area contributed by atoms with Gasteiger partial charge in [-0.25, -0.2) is 0 Å². The van der Waals surface area contributed by atoms with Crippen molar-refractivity contribution < 1.29 is 4.74 Å². The number of likely N-dealkylation sites (tertiary alicyclic amines) is 1. The summed E-state index contributed by atoms with van der Waals surface area (Å²) in [6.45, 7) is 4.65. The van der Waals surface area contributed by atoms with Crippen LogP contribution in [0.25, 0.3) is 0 Å². The minimum Gasteiger partial charge on any atom is -0.381 e. The first kappa shape index (κ1) is 7.56. The average Bonchev–Trinajstić information content (AvgIpc) is 2.58. The molecule has 0 amide bonds. The quantitative estimate of drug-likeness (QED) is 0.565. The van der Waals surface area contributed by atoms with Crippen molar-refractivity contribution >= 4 is 0 Å². The molecule has 0 aromatic carbocycles. The Hall–Kier alpha value is -0.0800. The van der Waals surface area contributed by atoms with Gasteiger partial charge in [-0.1, -0.05) is 0 Å². The van der Waals surface area contributed by atoms with Crippen LogP contribution < -0.4 is 0 Å². The zero-order valence-electron chi connectivity index (χ0n) is 7.09. The number of hydrogen-bond donors (Lipinski definition) is 0. The van der Waals surface area contributed by atoms with Crippen molar-refractivity contribution in [3.63, 3.8) is 0 Å². The zero-order valence-corrected chi connectivity index (χ0v) is 7.09. The predicted molar refractivity (Wildman–Crippen MR) is 44.6 cm³/mol. The molecule has 2 fully saturated rings. The molecule has 2 rings (SSSR count). The molecule has 2 heterocycles. The van der Waals surface area contributed by atoms with Crippen molar-refractivity contribution in [2.75, 3.05) is 26.3 Å². The predicted octanol–water partition coefficient (Wildman–Crippen LogP) is 1.26. The van der Waals surface area contributed by atoms with Crippen molar-refractivity contribution in [3.8, 4) is 0 Å². The van der Waals surface area contributed by atoms with Gasteiger partial charge in [0.05, 0.1) is 0 Å². The van der Waals surface area contributed by atoms with Gasteiger partial charge >= 0.3 is 0 Å². The second-order valence-electron chi connectivity index (χ2n) is 3.59. The summed E-state index contributed by atoms with van der Waals surface area (Å²) in [5, 5.41) is 0. The van der Waals surface area contributed by atoms with Gasteiger partial charge in [-0.2, -0.15) is 0 Å². The largest absolute Gasteiger partial charge is 0.381 e. The Bertz CT molecular complexity index is 115. The van der Waals surface area contributed by atoms with Crippen molar-refractivity contribution in [3.05, 3.63) is 0 Å². The van der Waals surface area contributed by atoms with E-state index in [1.807, 2.05) is 0 Å². The Kier molecular flexibility index (Phi) is 2.44. The van der Waals surface area contributed by atoms with Crippen LogP contribution in [0, 0.1) is 0 Å². The molecule has 2 aliphatic rings. The summed E-state index contributed by atoms with van der Waals surface area (Å²) in [6.07, 6.45) is 5.36. The summed E-state index contributed by atoms with van der Waals surface area (Å²) in [6, 6.07) is 0.853. The highest BCUT2D eigenvalue weighted by Crippen LogP contribution is 2.19. The molecule has 0 spiro atoms. The van der Waals surface area contributed by atoms with Gasteiger partial charge in [-0.15, -0.1) is 0 Å². The van der Waals surface area contributed by atoms with Crippen LogP contribution >= 0.6 is 0 Å². The third kappa shape index (κ3) is 1.74. The van der Waals surface area contributed by atoms with Crippen LogP contribution in [-0.2, 0) is 4.74 Å². The van der Waals surface area contributed by atoms with Crippen molar-refractivity contribution in [1.82, 2.24) is 4.90 Å². The van der Waals surface area contributed by atoms with Crippen molar-refractivity contribution in [1.29, 1.82) is 0 Å². The third-order valence-corrected chi connectivity index (χ3v) is 2.85. The minimum atomic E-state index is 0.853. The van der Waals surface area contributed by atoms with Gasteiger partial charge in [-0.05, 0) is 38.8 Å². The summed E-state index contributed by atoms with van der Waals surface area (Å²) in [7, 11) is 0. The smallest absolute Gasteiger partial charge is 0.0480 e. The van der Waals surface area contributed by atoms with Crippen LogP contribution in [0.5, 0.6) is 0 Å². The monoisotopic (exact) mass is 155 g/mol. The minimum absolute atomic E-state index is 0.853. The second kappa shape index (κ2) is 3.55. The van der Waals surface area contributed by atoms with E-state index in [0.717, 1.165) is 19.3 Å². The molecule has 0 aromatic heterocycles. The summed E-state index contributed by atoms with van der Waals surface area (Å²) in [5.74, 6) is 0. The summed E-state index contributed by atoms with van der Waals surface area (Å²) >= 11 is 0. The van der Waals surface area contributed by atoms with E-state index in [4.69, 9.17) is 4.74 Å². The molecular weight excluding hydrogens is 138 g/mol. The van der Waals surface area contributed by atoms with Gasteiger partial charge in [0.1, 0.15) is 0 Å². The molecule has 2 aliphatic heterocycles. The highest BCUT2D eigenvalue weighted by molar-refractivity contribution is 4.77. The van der Waals surface area contributed by atoms with Crippen molar-refractivity contribution in [2.24, 2.45) is 0 Å². The molecule has 11 heavy (non-hydrogen) atoms. The van der Waals surface area contributed by atoms with E-state index < -0.39 is 0 Å². The maximum atomic E-state index is 5.33. The first-order valence-corrected chi connectivity index (χ1v) is 4.78. The molecule has 0 aliphatic carbocycles. The summed E-state index contributed by atoms with van der Waals surface area (Å²) < 4.78 is 5.33. The standard InChI is InChI=1S/C9H17NO/c1-2-6-10(5-1)9-3-7-11-8-4-9/h9H,1-8H2. The fourth-order valence-electron chi connectivity index (χ4n) is 2.16. The third-order valence-electron chi connectivity index (χ3n) is 2.85. The van der Waals surface area contributed by atoms with E-state index in [2.05, 4.69) is 4.90 Å². The maximum absolute atomic E-state index is 5.33. The molecule has 64 valence electrons. The van der Waals surface area contributed by atoms with Crippen LogP contribution in [0.3, 0.4) is 0 Å². The fourth-order valence-corrected chi connectivity index (χ4v) is 2.16. The molecule has 0 N–H and O–H groups in total. The summed E-state index contributed by atoms with van der Waals surface area (Å²) in [4.78, 5) is 2.64. The molecule has 2 heteroatoms. The van der Waals surface area contributed by atoms with Gasteiger partial charge < -0.3 is 9.64 Å². The summed E-state index contributed by atoms with van der Waals surface area (Å²) in [5.41, 5.74) is 0. The maximum Gasteiger partial charge on any atom is 0.0480 e. The lowest BCUT2D eigenvalue weighted by molar-refractivity contribution is 0.0424. The van der Waals surface area contributed by atoms with Crippen molar-refractivity contribution in [2.45, 2.75) is 31.7 Å². The molecule has 0 saturated carbocycles. The van der Waals surface area contributed by atoms with Gasteiger partial charge in [0, 0.05) is 19.3 Å². The molecule has 0 radical (unpaired) electrons. The lowest BCUT2D eigenvalue weighted by atomic mass is 10.1. The SMILES string of the molecule is C1CCN(C2CCOCC2)C1. The molecule has 0 atom stereocenters. The lowest BCUT2D eigenvalue weighted by Crippen LogP contribution is -2.37. The van der Waals surface area contributed by atoms with Crippen LogP contribution in [0.1, 0.15) is 25.7 Å². The van der Waals surface area contributed by atoms with E-state index in [-0.39, 0.29) is 0 Å². The normalized spacial score (nSPS) is 29.5. The Balaban J connectivity index is 1.82. The molecule has 0 bridgehead atoms. The Morgan fingerprint density at radius 2 is 1.64 bits per heavy atom. The Labute approximate surface area is 68.5 Å². The van der Waals surface area contributed by atoms with Gasteiger partial charge in [0.2, 0.25) is 0 Å². The first-order chi connectivity index (χ1) is 5.47. The Morgan fingerprint density at radius 3 is 2.27 bits per heavy atom. The van der Waals surface area contributed by atoms with E-state index in [1.165, 1.54) is 38.8 Å². The number of rotatable bonds is 1. The molecule has 0 unspecified atom stereocenters. The molecule has 2 nitrogen and oxygen atoms in total. The fraction of sp³-hybridized carbons (Fsp3) is 1.00. The average molecular weight is 155 g/mol. The van der Waals surface area contributed by atoms with Crippen LogP contribution in [-0.4, -0.2) is 37.2 Å². The van der Waals surface area contributed by atoms with E-state index in [1.54, 1.807) is 0 Å². The van der Waals surface area contributed by atoms with Crippen LogP contribution in [0.4, 0.5) is 0 Å². The topological polar surface area (TPSA) is 12.5 Å². The highest BCUT2D eigenvalue weighted by atomic mass is 16.5. The number of hydrogen-bond acceptors (Lipinski definition) is 2.